The van der Waals surface area contributed by atoms with Crippen molar-refractivity contribution in [3.63, 3.8) is 0 Å². The van der Waals surface area contributed by atoms with Gasteiger partial charge in [0.25, 0.3) is 0 Å². The summed E-state index contributed by atoms with van der Waals surface area (Å²) in [6, 6.07) is 2.27. The lowest BCUT2D eigenvalue weighted by atomic mass is 10.3. The molecule has 0 aromatic heterocycles. The molecule has 0 unspecified atom stereocenters. The standard InChI is InChI=1S/C9H7BrClF4NS/c10-6-3-5(12)4-7(11)8(6)16-1-2-17-9(13,14)15/h3-4,16H,1-2H2. The topological polar surface area (TPSA) is 12.0 Å². The Morgan fingerprint density at radius 1 is 1.35 bits per heavy atom. The Balaban J connectivity index is 2.53. The SMILES string of the molecule is Fc1cc(Cl)c(NCCSC(F)(F)F)c(Br)c1. The van der Waals surface area contributed by atoms with E-state index in [-0.39, 0.29) is 29.1 Å². The number of rotatable bonds is 4. The Kier molecular flexibility index (Phi) is 5.40. The van der Waals surface area contributed by atoms with E-state index in [1.54, 1.807) is 0 Å². The highest BCUT2D eigenvalue weighted by atomic mass is 79.9. The zero-order valence-electron chi connectivity index (χ0n) is 8.24. The molecule has 1 aromatic rings. The van der Waals surface area contributed by atoms with Gasteiger partial charge in [0.05, 0.1) is 10.7 Å². The number of nitrogens with one attached hydrogen (secondary N) is 1. The first-order valence-corrected chi connectivity index (χ1v) is 6.54. The molecule has 0 amide bonds. The van der Waals surface area contributed by atoms with Crippen LogP contribution in [0.25, 0.3) is 0 Å². The van der Waals surface area contributed by atoms with Gasteiger partial charge in [-0.3, -0.25) is 0 Å². The molecule has 0 fully saturated rings. The minimum atomic E-state index is -4.24. The van der Waals surface area contributed by atoms with Crippen molar-refractivity contribution in [2.75, 3.05) is 17.6 Å². The molecule has 17 heavy (non-hydrogen) atoms. The van der Waals surface area contributed by atoms with E-state index in [2.05, 4.69) is 21.2 Å². The Bertz CT molecular complexity index is 376. The number of thioether (sulfide) groups is 1. The van der Waals surface area contributed by atoms with Crippen LogP contribution in [0.2, 0.25) is 5.02 Å². The maximum Gasteiger partial charge on any atom is 0.441 e. The molecule has 1 rings (SSSR count). The first-order valence-electron chi connectivity index (χ1n) is 4.38. The molecule has 1 N–H and O–H groups in total. The number of hydrogen-bond donors (Lipinski definition) is 1. The maximum absolute atomic E-state index is 12.9. The van der Waals surface area contributed by atoms with Gasteiger partial charge in [-0.1, -0.05) is 11.6 Å². The third-order valence-electron chi connectivity index (χ3n) is 1.68. The third-order valence-corrected chi connectivity index (χ3v) is 3.34. The summed E-state index contributed by atoms with van der Waals surface area (Å²) in [6.45, 7) is 0.0775. The quantitative estimate of drug-likeness (QED) is 0.610. The molecule has 0 aliphatic heterocycles. The normalized spacial score (nSPS) is 11.6. The molecule has 0 radical (unpaired) electrons. The summed E-state index contributed by atoms with van der Waals surface area (Å²) in [6.07, 6.45) is 0. The summed E-state index contributed by atoms with van der Waals surface area (Å²) in [4.78, 5) is 0. The van der Waals surface area contributed by atoms with Crippen LogP contribution in [0.4, 0.5) is 23.2 Å². The van der Waals surface area contributed by atoms with Gasteiger partial charge in [-0.25, -0.2) is 4.39 Å². The number of hydrogen-bond acceptors (Lipinski definition) is 2. The highest BCUT2D eigenvalue weighted by Gasteiger charge is 2.27. The third kappa shape index (κ3) is 5.35. The summed E-state index contributed by atoms with van der Waals surface area (Å²) in [5, 5.41) is 2.83. The van der Waals surface area contributed by atoms with E-state index in [1.807, 2.05) is 0 Å². The molecule has 0 heterocycles. The number of halogens is 6. The van der Waals surface area contributed by atoms with Crippen molar-refractivity contribution >= 4 is 45.0 Å². The molecule has 8 heteroatoms. The zero-order valence-corrected chi connectivity index (χ0v) is 11.4. The summed E-state index contributed by atoms with van der Waals surface area (Å²) in [7, 11) is 0. The predicted octanol–water partition coefficient (Wildman–Crippen LogP) is 4.91. The Hall–Kier alpha value is -0.140. The zero-order chi connectivity index (χ0) is 13.1. The Morgan fingerprint density at radius 2 is 2.00 bits per heavy atom. The lowest BCUT2D eigenvalue weighted by Gasteiger charge is -2.11. The van der Waals surface area contributed by atoms with Crippen LogP contribution in [0.1, 0.15) is 0 Å². The number of alkyl halides is 3. The van der Waals surface area contributed by atoms with Gasteiger partial charge in [-0.05, 0) is 39.8 Å². The summed E-state index contributed by atoms with van der Waals surface area (Å²) in [5.74, 6) is -0.666. The molecule has 0 aliphatic carbocycles. The van der Waals surface area contributed by atoms with Gasteiger partial charge in [-0.15, -0.1) is 0 Å². The van der Waals surface area contributed by atoms with E-state index >= 15 is 0 Å². The van der Waals surface area contributed by atoms with E-state index in [0.29, 0.717) is 10.2 Å². The molecule has 0 saturated carbocycles. The minimum absolute atomic E-state index is 0.0775. The van der Waals surface area contributed by atoms with Crippen molar-refractivity contribution in [2.45, 2.75) is 5.51 Å². The summed E-state index contributed by atoms with van der Waals surface area (Å²) in [5.41, 5.74) is -3.86. The number of benzene rings is 1. The maximum atomic E-state index is 12.9. The van der Waals surface area contributed by atoms with Crippen molar-refractivity contribution in [3.05, 3.63) is 27.4 Å². The van der Waals surface area contributed by atoms with Crippen molar-refractivity contribution < 1.29 is 17.6 Å². The average Bonchev–Trinajstić information content (AvgIpc) is 2.13. The van der Waals surface area contributed by atoms with Crippen LogP contribution < -0.4 is 5.32 Å². The molecule has 0 spiro atoms. The van der Waals surface area contributed by atoms with Crippen LogP contribution in [0.15, 0.2) is 16.6 Å². The fraction of sp³-hybridized carbons (Fsp3) is 0.333. The van der Waals surface area contributed by atoms with E-state index in [9.17, 15) is 17.6 Å². The van der Waals surface area contributed by atoms with Gasteiger partial charge in [-0.2, -0.15) is 13.2 Å². The van der Waals surface area contributed by atoms with Crippen molar-refractivity contribution in [1.82, 2.24) is 0 Å². The predicted molar refractivity (Wildman–Crippen MR) is 66.1 cm³/mol. The fourth-order valence-corrected chi connectivity index (χ4v) is 2.45. The molecular formula is C9H7BrClF4NS. The molecule has 0 atom stereocenters. The van der Waals surface area contributed by atoms with Crippen LogP contribution in [-0.4, -0.2) is 17.8 Å². The van der Waals surface area contributed by atoms with Gasteiger partial charge >= 0.3 is 5.51 Å². The second kappa shape index (κ2) is 6.15. The fourth-order valence-electron chi connectivity index (χ4n) is 1.05. The summed E-state index contributed by atoms with van der Waals surface area (Å²) >= 11 is 8.69. The molecule has 1 nitrogen and oxygen atoms in total. The first kappa shape index (κ1) is 14.9. The molecule has 0 saturated heterocycles. The first-order chi connectivity index (χ1) is 7.79. The van der Waals surface area contributed by atoms with Crippen LogP contribution in [0.5, 0.6) is 0 Å². The molecular weight excluding hydrogens is 346 g/mol. The smallest absolute Gasteiger partial charge is 0.382 e. The molecule has 1 aromatic carbocycles. The van der Waals surface area contributed by atoms with Crippen LogP contribution in [-0.2, 0) is 0 Å². The van der Waals surface area contributed by atoms with Crippen LogP contribution in [0.3, 0.4) is 0 Å². The monoisotopic (exact) mass is 351 g/mol. The van der Waals surface area contributed by atoms with E-state index in [1.165, 1.54) is 6.07 Å². The highest BCUT2D eigenvalue weighted by molar-refractivity contribution is 9.10. The Labute approximate surface area is 113 Å². The molecule has 96 valence electrons. The minimum Gasteiger partial charge on any atom is -0.382 e. The van der Waals surface area contributed by atoms with Gasteiger partial charge < -0.3 is 5.32 Å². The van der Waals surface area contributed by atoms with Gasteiger partial charge in [0, 0.05) is 16.8 Å². The number of anilines is 1. The average molecular weight is 353 g/mol. The van der Waals surface area contributed by atoms with E-state index < -0.39 is 11.3 Å². The second-order valence-corrected chi connectivity index (χ2v) is 5.39. The van der Waals surface area contributed by atoms with Crippen molar-refractivity contribution in [1.29, 1.82) is 0 Å². The highest BCUT2D eigenvalue weighted by Crippen LogP contribution is 2.33. The van der Waals surface area contributed by atoms with Crippen LogP contribution >= 0.6 is 39.3 Å². The summed E-state index contributed by atoms with van der Waals surface area (Å²) < 4.78 is 48.8. The van der Waals surface area contributed by atoms with Gasteiger partial charge in [0.15, 0.2) is 0 Å². The van der Waals surface area contributed by atoms with Crippen molar-refractivity contribution in [3.8, 4) is 0 Å². The lowest BCUT2D eigenvalue weighted by Crippen LogP contribution is -2.10. The van der Waals surface area contributed by atoms with Gasteiger partial charge in [0.2, 0.25) is 0 Å². The lowest BCUT2D eigenvalue weighted by molar-refractivity contribution is -0.0327. The van der Waals surface area contributed by atoms with Crippen LogP contribution in [0, 0.1) is 5.82 Å². The largest absolute Gasteiger partial charge is 0.441 e. The molecule has 0 aliphatic rings. The molecule has 0 bridgehead atoms. The van der Waals surface area contributed by atoms with Gasteiger partial charge in [0.1, 0.15) is 5.82 Å². The van der Waals surface area contributed by atoms with E-state index in [4.69, 9.17) is 11.6 Å². The Morgan fingerprint density at radius 3 is 2.53 bits per heavy atom. The second-order valence-electron chi connectivity index (χ2n) is 2.97. The van der Waals surface area contributed by atoms with Crippen molar-refractivity contribution in [2.24, 2.45) is 0 Å². The van der Waals surface area contributed by atoms with E-state index in [0.717, 1.165) is 6.07 Å².